The summed E-state index contributed by atoms with van der Waals surface area (Å²) in [6.07, 6.45) is 3.03. The van der Waals surface area contributed by atoms with Crippen LogP contribution in [-0.2, 0) is 19.1 Å². The molecule has 0 aliphatic carbocycles. The number of nitrogens with one attached hydrogen (secondary N) is 1. The smallest absolute Gasteiger partial charge is 0.331 e. The number of carbonyl (C=O) groups is 3. The van der Waals surface area contributed by atoms with Crippen LogP contribution in [0, 0.1) is 0 Å². The van der Waals surface area contributed by atoms with E-state index in [0.717, 1.165) is 5.56 Å². The standard InChI is InChI=1S/C25H28N2O5/c1-2-32-25(31)22(23(29)19-12-7-4-8-13-19)26-24(30)20-14-9-17-27(20)21(28)16-15-18-10-5-3-6-11-18/h3-8,10-13,15-16,20,22-23,29H,2,9,14,17H2,1H3,(H,26,30)/b16-15+/t20-,22-,23-/m0/s1. The molecule has 0 saturated carbocycles. The molecule has 1 aliphatic rings. The van der Waals surface area contributed by atoms with E-state index < -0.39 is 30.1 Å². The molecule has 1 saturated heterocycles. The predicted octanol–water partition coefficient (Wildman–Crippen LogP) is 2.47. The van der Waals surface area contributed by atoms with Crippen LogP contribution in [0.5, 0.6) is 0 Å². The van der Waals surface area contributed by atoms with E-state index in [0.29, 0.717) is 24.9 Å². The number of benzene rings is 2. The second-order valence-corrected chi connectivity index (χ2v) is 7.53. The molecule has 2 aromatic carbocycles. The van der Waals surface area contributed by atoms with Gasteiger partial charge < -0.3 is 20.1 Å². The minimum atomic E-state index is -1.28. The molecular formula is C25H28N2O5. The Morgan fingerprint density at radius 3 is 2.44 bits per heavy atom. The van der Waals surface area contributed by atoms with E-state index in [1.54, 1.807) is 43.3 Å². The molecule has 7 nitrogen and oxygen atoms in total. The topological polar surface area (TPSA) is 95.9 Å². The zero-order chi connectivity index (χ0) is 22.9. The molecule has 0 radical (unpaired) electrons. The third-order valence-electron chi connectivity index (χ3n) is 5.35. The summed E-state index contributed by atoms with van der Waals surface area (Å²) in [6.45, 7) is 2.22. The largest absolute Gasteiger partial charge is 0.464 e. The van der Waals surface area contributed by atoms with Crippen molar-refractivity contribution >= 4 is 23.9 Å². The number of aliphatic hydroxyl groups is 1. The summed E-state index contributed by atoms with van der Waals surface area (Å²) in [4.78, 5) is 39.8. The lowest BCUT2D eigenvalue weighted by Gasteiger charge is -2.27. The molecule has 2 amide bonds. The molecule has 1 aliphatic heterocycles. The fourth-order valence-electron chi connectivity index (χ4n) is 3.72. The van der Waals surface area contributed by atoms with Gasteiger partial charge in [0.2, 0.25) is 11.8 Å². The minimum absolute atomic E-state index is 0.116. The highest BCUT2D eigenvalue weighted by Crippen LogP contribution is 2.21. The maximum Gasteiger partial charge on any atom is 0.331 e. The van der Waals surface area contributed by atoms with Crippen LogP contribution in [0.2, 0.25) is 0 Å². The predicted molar refractivity (Wildman–Crippen MR) is 120 cm³/mol. The van der Waals surface area contributed by atoms with Crippen molar-refractivity contribution in [1.82, 2.24) is 10.2 Å². The summed E-state index contributed by atoms with van der Waals surface area (Å²) in [5.41, 5.74) is 1.37. The zero-order valence-corrected chi connectivity index (χ0v) is 18.0. The Morgan fingerprint density at radius 2 is 1.78 bits per heavy atom. The third kappa shape index (κ3) is 5.82. The Morgan fingerprint density at radius 1 is 1.12 bits per heavy atom. The van der Waals surface area contributed by atoms with E-state index in [9.17, 15) is 19.5 Å². The number of amides is 2. The summed E-state index contributed by atoms with van der Waals surface area (Å²) in [5.74, 6) is -1.49. The average molecular weight is 437 g/mol. The van der Waals surface area contributed by atoms with E-state index in [4.69, 9.17) is 4.74 Å². The van der Waals surface area contributed by atoms with Crippen molar-refractivity contribution in [2.24, 2.45) is 0 Å². The van der Waals surface area contributed by atoms with Gasteiger partial charge in [-0.05, 0) is 37.0 Å². The maximum atomic E-state index is 13.0. The fraction of sp³-hybridized carbons (Fsp3) is 0.320. The number of nitrogens with zero attached hydrogens (tertiary/aromatic N) is 1. The Bertz CT molecular complexity index is 945. The van der Waals surface area contributed by atoms with Crippen LogP contribution < -0.4 is 5.32 Å². The molecule has 0 spiro atoms. The van der Waals surface area contributed by atoms with Crippen LogP contribution in [0.25, 0.3) is 6.08 Å². The molecular weight excluding hydrogens is 408 g/mol. The van der Waals surface area contributed by atoms with Crippen LogP contribution in [0.3, 0.4) is 0 Å². The molecule has 168 valence electrons. The summed E-state index contributed by atoms with van der Waals surface area (Å²) < 4.78 is 5.07. The van der Waals surface area contributed by atoms with Crippen LogP contribution in [0.15, 0.2) is 66.7 Å². The van der Waals surface area contributed by atoms with Crippen LogP contribution in [-0.4, -0.2) is 53.0 Å². The first-order valence-electron chi connectivity index (χ1n) is 10.7. The summed E-state index contributed by atoms with van der Waals surface area (Å²) >= 11 is 0. The lowest BCUT2D eigenvalue weighted by atomic mass is 10.0. The lowest BCUT2D eigenvalue weighted by Crippen LogP contribution is -2.53. The second-order valence-electron chi connectivity index (χ2n) is 7.53. The highest BCUT2D eigenvalue weighted by Gasteiger charge is 2.37. The molecule has 2 aromatic rings. The monoisotopic (exact) mass is 436 g/mol. The first kappa shape index (κ1) is 23.2. The molecule has 1 fully saturated rings. The molecule has 3 atom stereocenters. The summed E-state index contributed by atoms with van der Waals surface area (Å²) in [5, 5.41) is 13.4. The zero-order valence-electron chi connectivity index (χ0n) is 18.0. The van der Waals surface area contributed by atoms with Gasteiger partial charge in [0.05, 0.1) is 6.61 Å². The maximum absolute atomic E-state index is 13.0. The van der Waals surface area contributed by atoms with Gasteiger partial charge in [-0.15, -0.1) is 0 Å². The highest BCUT2D eigenvalue weighted by molar-refractivity contribution is 5.97. The van der Waals surface area contributed by atoms with Gasteiger partial charge in [0.1, 0.15) is 12.1 Å². The Kier molecular flexibility index (Phi) is 8.16. The van der Waals surface area contributed by atoms with Crippen molar-refractivity contribution in [3.63, 3.8) is 0 Å². The van der Waals surface area contributed by atoms with Crippen molar-refractivity contribution in [3.8, 4) is 0 Å². The van der Waals surface area contributed by atoms with Crippen molar-refractivity contribution in [2.75, 3.05) is 13.2 Å². The molecule has 3 rings (SSSR count). The molecule has 1 heterocycles. The minimum Gasteiger partial charge on any atom is -0.464 e. The molecule has 2 N–H and O–H groups in total. The van der Waals surface area contributed by atoms with Gasteiger partial charge in [0, 0.05) is 12.6 Å². The number of hydrogen-bond acceptors (Lipinski definition) is 5. The first-order chi connectivity index (χ1) is 15.5. The number of aliphatic hydroxyl groups excluding tert-OH is 1. The van der Waals surface area contributed by atoms with Crippen molar-refractivity contribution in [2.45, 2.75) is 38.0 Å². The van der Waals surface area contributed by atoms with E-state index in [1.807, 2.05) is 30.3 Å². The van der Waals surface area contributed by atoms with Gasteiger partial charge in [0.25, 0.3) is 0 Å². The average Bonchev–Trinajstić information content (AvgIpc) is 3.32. The van der Waals surface area contributed by atoms with E-state index >= 15 is 0 Å². The Labute approximate surface area is 187 Å². The van der Waals surface area contributed by atoms with Crippen LogP contribution in [0.4, 0.5) is 0 Å². The van der Waals surface area contributed by atoms with Crippen molar-refractivity contribution in [1.29, 1.82) is 0 Å². The summed E-state index contributed by atoms with van der Waals surface area (Å²) in [7, 11) is 0. The lowest BCUT2D eigenvalue weighted by molar-refractivity contribution is -0.151. The number of ether oxygens (including phenoxy) is 1. The second kappa shape index (κ2) is 11.2. The highest BCUT2D eigenvalue weighted by atomic mass is 16.5. The molecule has 0 aromatic heterocycles. The Balaban J connectivity index is 1.72. The number of hydrogen-bond donors (Lipinski definition) is 2. The third-order valence-corrected chi connectivity index (χ3v) is 5.35. The quantitative estimate of drug-likeness (QED) is 0.490. The number of esters is 1. The first-order valence-corrected chi connectivity index (χ1v) is 10.7. The Hall–Kier alpha value is -3.45. The van der Waals surface area contributed by atoms with Crippen molar-refractivity contribution in [3.05, 3.63) is 77.9 Å². The normalized spacial score (nSPS) is 17.7. The van der Waals surface area contributed by atoms with E-state index in [1.165, 1.54) is 11.0 Å². The van der Waals surface area contributed by atoms with Crippen LogP contribution >= 0.6 is 0 Å². The van der Waals surface area contributed by atoms with Gasteiger partial charge in [0.15, 0.2) is 6.04 Å². The van der Waals surface area contributed by atoms with E-state index in [2.05, 4.69) is 5.32 Å². The van der Waals surface area contributed by atoms with Gasteiger partial charge in [-0.25, -0.2) is 4.79 Å². The molecule has 0 unspecified atom stereocenters. The number of carbonyl (C=O) groups excluding carboxylic acids is 3. The number of likely N-dealkylation sites (tertiary alicyclic amines) is 1. The van der Waals surface area contributed by atoms with E-state index in [-0.39, 0.29) is 12.5 Å². The number of rotatable bonds is 8. The SMILES string of the molecule is CCOC(=O)[C@@H](NC(=O)[C@@H]1CCCN1C(=O)/C=C/c1ccccc1)[C@@H](O)c1ccccc1. The van der Waals surface area contributed by atoms with Gasteiger partial charge in [-0.1, -0.05) is 60.7 Å². The molecule has 32 heavy (non-hydrogen) atoms. The van der Waals surface area contributed by atoms with Crippen LogP contribution in [0.1, 0.15) is 37.0 Å². The van der Waals surface area contributed by atoms with Crippen molar-refractivity contribution < 1.29 is 24.2 Å². The molecule has 7 heteroatoms. The van der Waals surface area contributed by atoms with Gasteiger partial charge in [-0.3, -0.25) is 9.59 Å². The molecule has 0 bridgehead atoms. The van der Waals surface area contributed by atoms with Gasteiger partial charge in [-0.2, -0.15) is 0 Å². The fourth-order valence-corrected chi connectivity index (χ4v) is 3.72. The van der Waals surface area contributed by atoms with Gasteiger partial charge >= 0.3 is 5.97 Å². The summed E-state index contributed by atoms with van der Waals surface area (Å²) in [6, 6.07) is 16.0.